The maximum atomic E-state index is 12.2. The van der Waals surface area contributed by atoms with Crippen LogP contribution in [0, 0.1) is 0 Å². The number of hydrogen-bond donors (Lipinski definition) is 4. The molecule has 9 nitrogen and oxygen atoms in total. The minimum Gasteiger partial charge on any atom is -0.492 e. The molecule has 36 heavy (non-hydrogen) atoms. The third kappa shape index (κ3) is 5.58. The highest BCUT2D eigenvalue weighted by molar-refractivity contribution is 7.89. The fourth-order valence-corrected chi connectivity index (χ4v) is 5.98. The number of anilines is 1. The standard InChI is InChI=1S/C23H27ClN6O3S.2ClH/c24-17-5-3-16(4-6-17)23(9-1-10-23)20-19-14-18(7-2-15(19)8-11-26-20)33-13-12-27-34(31,32)22-28-21(25)29-30-22;;/h2-7,14,20,26-27H,1,8-13H2,(H3,25,28,29,30);2*1H. The Morgan fingerprint density at radius 3 is 2.56 bits per heavy atom. The first kappa shape index (κ1) is 28.5. The molecule has 1 aromatic heterocycles. The van der Waals surface area contributed by atoms with Crippen molar-refractivity contribution >= 4 is 52.4 Å². The number of fused-ring (bicyclic) bond motifs is 1. The molecule has 2 aliphatic rings. The summed E-state index contributed by atoms with van der Waals surface area (Å²) >= 11 is 6.15. The molecule has 0 amide bonds. The number of benzene rings is 2. The molecule has 1 fully saturated rings. The number of ether oxygens (including phenoxy) is 1. The summed E-state index contributed by atoms with van der Waals surface area (Å²) in [7, 11) is -3.82. The Labute approximate surface area is 227 Å². The minimum atomic E-state index is -3.82. The number of rotatable bonds is 8. The Morgan fingerprint density at radius 1 is 1.17 bits per heavy atom. The van der Waals surface area contributed by atoms with Gasteiger partial charge in [0.05, 0.1) is 0 Å². The maximum absolute atomic E-state index is 12.2. The first-order chi connectivity index (χ1) is 16.4. The summed E-state index contributed by atoms with van der Waals surface area (Å²) in [5, 5.41) is 10.0. The van der Waals surface area contributed by atoms with Crippen LogP contribution in [0.2, 0.25) is 5.02 Å². The quantitative estimate of drug-likeness (QED) is 0.302. The summed E-state index contributed by atoms with van der Waals surface area (Å²) in [6.07, 6.45) is 4.39. The summed E-state index contributed by atoms with van der Waals surface area (Å²) in [5.74, 6) is 0.581. The average molecular weight is 576 g/mol. The van der Waals surface area contributed by atoms with E-state index in [1.165, 1.54) is 23.1 Å². The Kier molecular flexibility index (Phi) is 9.13. The van der Waals surface area contributed by atoms with Crippen LogP contribution in [0.3, 0.4) is 0 Å². The molecule has 1 unspecified atom stereocenters. The Morgan fingerprint density at radius 2 is 1.92 bits per heavy atom. The van der Waals surface area contributed by atoms with Crippen molar-refractivity contribution in [2.24, 2.45) is 0 Å². The monoisotopic (exact) mass is 574 g/mol. The van der Waals surface area contributed by atoms with Gasteiger partial charge in [0, 0.05) is 23.0 Å². The zero-order valence-electron chi connectivity index (χ0n) is 19.4. The Balaban J connectivity index is 0.00000180. The summed E-state index contributed by atoms with van der Waals surface area (Å²) < 4.78 is 32.8. The largest absolute Gasteiger partial charge is 0.492 e. The van der Waals surface area contributed by atoms with Crippen LogP contribution in [0.4, 0.5) is 5.95 Å². The predicted octanol–water partition coefficient (Wildman–Crippen LogP) is 3.55. The molecule has 1 atom stereocenters. The van der Waals surface area contributed by atoms with Crippen molar-refractivity contribution in [1.29, 1.82) is 0 Å². The van der Waals surface area contributed by atoms with Crippen molar-refractivity contribution in [1.82, 2.24) is 25.2 Å². The van der Waals surface area contributed by atoms with Gasteiger partial charge in [-0.15, -0.1) is 29.9 Å². The average Bonchev–Trinajstić information content (AvgIpc) is 3.25. The van der Waals surface area contributed by atoms with E-state index >= 15 is 0 Å². The van der Waals surface area contributed by atoms with Crippen molar-refractivity contribution in [2.45, 2.75) is 42.3 Å². The highest BCUT2D eigenvalue weighted by Gasteiger charge is 2.47. The van der Waals surface area contributed by atoms with Crippen LogP contribution in [0.25, 0.3) is 0 Å². The van der Waals surface area contributed by atoms with Gasteiger partial charge in [-0.3, -0.25) is 0 Å². The molecule has 1 saturated carbocycles. The van der Waals surface area contributed by atoms with Gasteiger partial charge in [-0.25, -0.2) is 18.2 Å². The van der Waals surface area contributed by atoms with E-state index in [0.29, 0.717) is 5.75 Å². The number of H-pyrrole nitrogens is 1. The zero-order chi connectivity index (χ0) is 23.8. The molecule has 0 spiro atoms. The highest BCUT2D eigenvalue weighted by Crippen LogP contribution is 2.53. The molecule has 0 radical (unpaired) electrons. The second-order valence-corrected chi connectivity index (χ2v) is 10.9. The van der Waals surface area contributed by atoms with Crippen LogP contribution in [0.1, 0.15) is 42.0 Å². The van der Waals surface area contributed by atoms with Gasteiger partial charge >= 0.3 is 0 Å². The predicted molar refractivity (Wildman–Crippen MR) is 144 cm³/mol. The maximum Gasteiger partial charge on any atom is 0.275 e. The van der Waals surface area contributed by atoms with Crippen molar-refractivity contribution < 1.29 is 13.2 Å². The molecule has 2 heterocycles. The number of aromatic nitrogens is 3. The summed E-state index contributed by atoms with van der Waals surface area (Å²) in [6.45, 7) is 1.18. The van der Waals surface area contributed by atoms with Crippen molar-refractivity contribution in [3.63, 3.8) is 0 Å². The molecule has 0 bridgehead atoms. The van der Waals surface area contributed by atoms with Crippen molar-refractivity contribution in [3.05, 3.63) is 64.2 Å². The van der Waals surface area contributed by atoms with Crippen LogP contribution in [0.5, 0.6) is 5.75 Å². The van der Waals surface area contributed by atoms with Crippen LogP contribution in [-0.4, -0.2) is 43.3 Å². The summed E-state index contributed by atoms with van der Waals surface area (Å²) in [5.41, 5.74) is 9.29. The number of nitrogens with two attached hydrogens (primary N) is 1. The molecular weight excluding hydrogens is 547 g/mol. The zero-order valence-corrected chi connectivity index (χ0v) is 22.6. The number of halogens is 3. The second kappa shape index (κ2) is 11.5. The SMILES string of the molecule is Cl.Cl.Nc1n[nH]c(S(=O)(=O)NCCOc2ccc3c(c2)C(C2(c4ccc(Cl)cc4)CCC2)NCC3)n1. The Bertz CT molecular complexity index is 1280. The molecule has 3 aromatic rings. The van der Waals surface area contributed by atoms with E-state index < -0.39 is 10.0 Å². The van der Waals surface area contributed by atoms with Gasteiger partial charge in [0.15, 0.2) is 0 Å². The number of aromatic amines is 1. The minimum absolute atomic E-state index is 0. The number of hydrogen-bond acceptors (Lipinski definition) is 7. The molecule has 5 rings (SSSR count). The number of nitrogen functional groups attached to an aromatic ring is 1. The molecule has 196 valence electrons. The van der Waals surface area contributed by atoms with E-state index in [1.807, 2.05) is 18.2 Å². The molecule has 5 N–H and O–H groups in total. The topological polar surface area (TPSA) is 135 Å². The van der Waals surface area contributed by atoms with Crippen LogP contribution in [0.15, 0.2) is 47.6 Å². The number of nitrogens with zero attached hydrogens (tertiary/aromatic N) is 2. The third-order valence-corrected chi connectivity index (χ3v) is 8.32. The number of nitrogens with one attached hydrogen (secondary N) is 3. The van der Waals surface area contributed by atoms with Gasteiger partial charge in [0.1, 0.15) is 12.4 Å². The van der Waals surface area contributed by atoms with E-state index in [2.05, 4.69) is 49.5 Å². The molecule has 2 aromatic carbocycles. The summed E-state index contributed by atoms with van der Waals surface area (Å²) in [4.78, 5) is 3.65. The molecule has 1 aliphatic heterocycles. The van der Waals surface area contributed by atoms with Gasteiger partial charge in [-0.2, -0.15) is 4.98 Å². The smallest absolute Gasteiger partial charge is 0.275 e. The Hall–Kier alpha value is -2.08. The molecule has 13 heteroatoms. The second-order valence-electron chi connectivity index (χ2n) is 8.76. The lowest BCUT2D eigenvalue weighted by atomic mass is 9.58. The third-order valence-electron chi connectivity index (χ3n) is 6.79. The van der Waals surface area contributed by atoms with Gasteiger partial charge < -0.3 is 15.8 Å². The fraction of sp³-hybridized carbons (Fsp3) is 0.391. The molecule has 0 saturated heterocycles. The fourth-order valence-electron chi connectivity index (χ4n) is 4.99. The van der Waals surface area contributed by atoms with Gasteiger partial charge in [-0.05, 0) is 66.8 Å². The van der Waals surface area contributed by atoms with Crippen LogP contribution in [-0.2, 0) is 21.9 Å². The normalized spacial score (nSPS) is 18.2. The van der Waals surface area contributed by atoms with Crippen molar-refractivity contribution in [3.8, 4) is 5.75 Å². The van der Waals surface area contributed by atoms with E-state index in [-0.39, 0.29) is 60.5 Å². The van der Waals surface area contributed by atoms with Crippen molar-refractivity contribution in [2.75, 3.05) is 25.4 Å². The lowest BCUT2D eigenvalue weighted by Gasteiger charge is -2.50. The van der Waals surface area contributed by atoms with Gasteiger partial charge in [0.25, 0.3) is 15.2 Å². The molecule has 1 aliphatic carbocycles. The lowest BCUT2D eigenvalue weighted by Crippen LogP contribution is -2.49. The van der Waals surface area contributed by atoms with Gasteiger partial charge in [0.2, 0.25) is 5.95 Å². The highest BCUT2D eigenvalue weighted by atomic mass is 35.5. The lowest BCUT2D eigenvalue weighted by molar-refractivity contribution is 0.164. The van der Waals surface area contributed by atoms with E-state index in [1.54, 1.807) is 0 Å². The van der Waals surface area contributed by atoms with E-state index in [4.69, 9.17) is 22.1 Å². The number of sulfonamides is 1. The molecular formula is C23H29Cl3N6O3S. The van der Waals surface area contributed by atoms with Crippen LogP contribution < -0.4 is 20.5 Å². The van der Waals surface area contributed by atoms with Gasteiger partial charge in [-0.1, -0.05) is 36.2 Å². The van der Waals surface area contributed by atoms with Crippen LogP contribution >= 0.6 is 36.4 Å². The van der Waals surface area contributed by atoms with E-state index in [0.717, 1.165) is 30.8 Å². The summed E-state index contributed by atoms with van der Waals surface area (Å²) in [6, 6.07) is 14.6. The van der Waals surface area contributed by atoms with E-state index in [9.17, 15) is 8.42 Å². The first-order valence-electron chi connectivity index (χ1n) is 11.3. The first-order valence-corrected chi connectivity index (χ1v) is 13.2.